The molecule has 158 valence electrons. The van der Waals surface area contributed by atoms with Crippen LogP contribution in [0.3, 0.4) is 0 Å². The molecule has 0 spiro atoms. The van der Waals surface area contributed by atoms with Crippen molar-refractivity contribution in [2.75, 3.05) is 24.5 Å². The maximum Gasteiger partial charge on any atom is 0.281 e. The Kier molecular flexibility index (Phi) is 11.1. The predicted molar refractivity (Wildman–Crippen MR) is 117 cm³/mol. The quantitative estimate of drug-likeness (QED) is 0.512. The van der Waals surface area contributed by atoms with Crippen molar-refractivity contribution in [3.63, 3.8) is 0 Å². The van der Waals surface area contributed by atoms with Crippen molar-refractivity contribution in [2.24, 2.45) is 0 Å². The second kappa shape index (κ2) is 13.0. The molecule has 0 aliphatic heterocycles. The van der Waals surface area contributed by atoms with E-state index in [0.29, 0.717) is 10.8 Å². The summed E-state index contributed by atoms with van der Waals surface area (Å²) in [5, 5.41) is 0.572. The summed E-state index contributed by atoms with van der Waals surface area (Å²) < 4.78 is 5.26. The Bertz CT molecular complexity index is 786. The van der Waals surface area contributed by atoms with E-state index in [9.17, 15) is 9.59 Å². The Morgan fingerprint density at radius 2 is 1.79 bits per heavy atom. The van der Waals surface area contributed by atoms with Gasteiger partial charge in [-0.05, 0) is 50.6 Å². The number of nitrogens with zero attached hydrogens (tertiary/aromatic N) is 1. The molecule has 0 saturated heterocycles. The van der Waals surface area contributed by atoms with Crippen LogP contribution in [0, 0.1) is 6.92 Å². The fourth-order valence-corrected chi connectivity index (χ4v) is 2.69. The molecule has 0 heterocycles. The lowest BCUT2D eigenvalue weighted by Gasteiger charge is -2.25. The first kappa shape index (κ1) is 24.8. The third-order valence-corrected chi connectivity index (χ3v) is 4.12. The maximum absolute atomic E-state index is 11.5. The molecule has 29 heavy (non-hydrogen) atoms. The Balaban J connectivity index is 0.000000291. The number of carbonyl (C=O) groups excluding carboxylic acids is 2. The number of nitrogens with one attached hydrogen (secondary N) is 1. The topological polar surface area (TPSA) is 67.9 Å². The molecule has 2 aromatic rings. The van der Waals surface area contributed by atoms with Gasteiger partial charge in [0.2, 0.25) is 5.91 Å². The van der Waals surface area contributed by atoms with E-state index in [1.165, 1.54) is 7.11 Å². The van der Waals surface area contributed by atoms with Crippen molar-refractivity contribution in [1.29, 1.82) is 0 Å². The van der Waals surface area contributed by atoms with Gasteiger partial charge in [-0.3, -0.25) is 14.4 Å². The van der Waals surface area contributed by atoms with E-state index in [1.807, 2.05) is 57.2 Å². The molecule has 2 amide bonds. The zero-order valence-electron chi connectivity index (χ0n) is 16.9. The fraction of sp³-hybridized carbons (Fsp3) is 0.333. The maximum atomic E-state index is 11.5. The smallest absolute Gasteiger partial charge is 0.281 e. The summed E-state index contributed by atoms with van der Waals surface area (Å²) >= 11 is 11.3. The molecular weight excluding hydrogens is 415 g/mol. The van der Waals surface area contributed by atoms with Crippen molar-refractivity contribution in [2.45, 2.75) is 26.8 Å². The number of alkyl halides is 1. The van der Waals surface area contributed by atoms with Crippen LogP contribution in [0.15, 0.2) is 48.5 Å². The second-order valence-corrected chi connectivity index (χ2v) is 6.96. The summed E-state index contributed by atoms with van der Waals surface area (Å²) in [6.45, 7) is 5.71. The Labute approximate surface area is 181 Å². The lowest BCUT2D eigenvalue weighted by atomic mass is 10.2. The standard InChI is InChI=1S/C11H14ClNO.C10H12ClNO3/c1-9(2)13(11(14)8-12)10-6-4-3-5-7-10;1-7-3-4-8(11)5-9(7)15-6-10(13)12-14-2/h3-7,9H,8H2,1-2H3;3-5H,6H2,1-2H3,(H,12,13). The van der Waals surface area contributed by atoms with Crippen LogP contribution in [0.5, 0.6) is 5.75 Å². The molecule has 0 aliphatic rings. The molecule has 0 fully saturated rings. The molecule has 0 radical (unpaired) electrons. The van der Waals surface area contributed by atoms with Crippen LogP contribution in [0.1, 0.15) is 19.4 Å². The monoisotopic (exact) mass is 440 g/mol. The third kappa shape index (κ3) is 8.73. The van der Waals surface area contributed by atoms with Gasteiger partial charge in [-0.1, -0.05) is 35.9 Å². The van der Waals surface area contributed by atoms with Gasteiger partial charge in [0.05, 0.1) is 7.11 Å². The lowest BCUT2D eigenvalue weighted by Crippen LogP contribution is -2.37. The van der Waals surface area contributed by atoms with Crippen molar-refractivity contribution in [3.8, 4) is 5.75 Å². The highest BCUT2D eigenvalue weighted by molar-refractivity contribution is 6.30. The minimum absolute atomic E-state index is 0.0209. The van der Waals surface area contributed by atoms with E-state index in [1.54, 1.807) is 17.0 Å². The number of halogens is 2. The van der Waals surface area contributed by atoms with Gasteiger partial charge in [0, 0.05) is 16.8 Å². The van der Waals surface area contributed by atoms with E-state index in [-0.39, 0.29) is 30.3 Å². The van der Waals surface area contributed by atoms with Gasteiger partial charge in [-0.25, -0.2) is 5.48 Å². The fourth-order valence-electron chi connectivity index (χ4n) is 2.40. The van der Waals surface area contributed by atoms with Crippen LogP contribution in [-0.2, 0) is 14.4 Å². The summed E-state index contributed by atoms with van der Waals surface area (Å²) in [5.74, 6) is 0.200. The van der Waals surface area contributed by atoms with Gasteiger partial charge in [0.1, 0.15) is 11.6 Å². The van der Waals surface area contributed by atoms with E-state index < -0.39 is 0 Å². The molecule has 2 rings (SSSR count). The van der Waals surface area contributed by atoms with Gasteiger partial charge in [-0.2, -0.15) is 0 Å². The molecule has 1 N–H and O–H groups in total. The van der Waals surface area contributed by atoms with Crippen LogP contribution >= 0.6 is 23.2 Å². The van der Waals surface area contributed by atoms with Gasteiger partial charge in [0.25, 0.3) is 5.91 Å². The average Bonchev–Trinajstić information content (AvgIpc) is 2.70. The van der Waals surface area contributed by atoms with Gasteiger partial charge < -0.3 is 9.64 Å². The predicted octanol–water partition coefficient (Wildman–Crippen LogP) is 4.37. The number of hydroxylamine groups is 1. The van der Waals surface area contributed by atoms with Crippen molar-refractivity contribution < 1.29 is 19.2 Å². The summed E-state index contributed by atoms with van der Waals surface area (Å²) in [5.41, 5.74) is 3.97. The number of anilines is 1. The Morgan fingerprint density at radius 3 is 2.34 bits per heavy atom. The van der Waals surface area contributed by atoms with Crippen LogP contribution in [0.25, 0.3) is 0 Å². The average molecular weight is 441 g/mol. The molecule has 0 bridgehead atoms. The first-order valence-electron chi connectivity index (χ1n) is 8.94. The normalized spacial score (nSPS) is 10.0. The second-order valence-electron chi connectivity index (χ2n) is 6.25. The van der Waals surface area contributed by atoms with E-state index in [4.69, 9.17) is 27.9 Å². The molecule has 0 saturated carbocycles. The zero-order chi connectivity index (χ0) is 21.8. The molecule has 0 aromatic heterocycles. The number of hydrogen-bond donors (Lipinski definition) is 1. The molecule has 0 atom stereocenters. The highest BCUT2D eigenvalue weighted by Crippen LogP contribution is 2.22. The molecule has 0 unspecified atom stereocenters. The van der Waals surface area contributed by atoms with E-state index in [2.05, 4.69) is 10.3 Å². The number of aryl methyl sites for hydroxylation is 1. The summed E-state index contributed by atoms with van der Waals surface area (Å²) in [6, 6.07) is 14.9. The van der Waals surface area contributed by atoms with Crippen molar-refractivity contribution in [1.82, 2.24) is 5.48 Å². The Morgan fingerprint density at radius 1 is 1.14 bits per heavy atom. The van der Waals surface area contributed by atoms with Crippen LogP contribution < -0.4 is 15.1 Å². The first-order chi connectivity index (χ1) is 13.8. The van der Waals surface area contributed by atoms with Gasteiger partial charge in [-0.15, -0.1) is 11.6 Å². The number of amides is 2. The number of rotatable bonds is 7. The molecular formula is C21H26Cl2N2O4. The highest BCUT2D eigenvalue weighted by Gasteiger charge is 2.17. The van der Waals surface area contributed by atoms with E-state index >= 15 is 0 Å². The van der Waals surface area contributed by atoms with Gasteiger partial charge in [0.15, 0.2) is 6.61 Å². The number of ether oxygens (including phenoxy) is 1. The minimum Gasteiger partial charge on any atom is -0.483 e. The molecule has 0 aliphatic carbocycles. The van der Waals surface area contributed by atoms with Crippen molar-refractivity contribution >= 4 is 40.7 Å². The highest BCUT2D eigenvalue weighted by atomic mass is 35.5. The summed E-state index contributed by atoms with van der Waals surface area (Å²) in [4.78, 5) is 28.7. The van der Waals surface area contributed by atoms with Crippen LogP contribution in [0.2, 0.25) is 5.02 Å². The number of carbonyl (C=O) groups is 2. The van der Waals surface area contributed by atoms with Crippen LogP contribution in [-0.4, -0.2) is 37.5 Å². The van der Waals surface area contributed by atoms with Gasteiger partial charge >= 0.3 is 0 Å². The molecule has 2 aromatic carbocycles. The number of benzene rings is 2. The molecule has 6 nitrogen and oxygen atoms in total. The summed E-state index contributed by atoms with van der Waals surface area (Å²) in [6.07, 6.45) is 0. The lowest BCUT2D eigenvalue weighted by molar-refractivity contribution is -0.133. The summed E-state index contributed by atoms with van der Waals surface area (Å²) in [7, 11) is 1.36. The van der Waals surface area contributed by atoms with E-state index in [0.717, 1.165) is 11.3 Å². The van der Waals surface area contributed by atoms with Crippen molar-refractivity contribution in [3.05, 3.63) is 59.1 Å². The number of para-hydroxylation sites is 1. The largest absolute Gasteiger partial charge is 0.483 e. The van der Waals surface area contributed by atoms with Crippen LogP contribution in [0.4, 0.5) is 5.69 Å². The number of hydrogen-bond acceptors (Lipinski definition) is 4. The SMILES string of the molecule is CC(C)N(C(=O)CCl)c1ccccc1.CONC(=O)COc1cc(Cl)ccc1C. The minimum atomic E-state index is -0.350. The first-order valence-corrected chi connectivity index (χ1v) is 9.85. The molecule has 8 heteroatoms. The third-order valence-electron chi connectivity index (χ3n) is 3.66. The zero-order valence-corrected chi connectivity index (χ0v) is 18.5. The Hall–Kier alpha value is -2.28.